The molecule has 0 aromatic heterocycles. The van der Waals surface area contributed by atoms with Gasteiger partial charge in [0.15, 0.2) is 0 Å². The lowest BCUT2D eigenvalue weighted by molar-refractivity contribution is -0.0458. The zero-order valence-corrected chi connectivity index (χ0v) is 12.0. The van der Waals surface area contributed by atoms with Crippen molar-refractivity contribution >= 4 is 0 Å². The Balaban J connectivity index is 2.46. The Bertz CT molecular complexity index is 216. The lowest BCUT2D eigenvalue weighted by atomic mass is 10.1. The van der Waals surface area contributed by atoms with E-state index < -0.39 is 0 Å². The SMILES string of the molecule is COCC(CNC(C)(C)C)N1CCOC(C)C1. The maximum absolute atomic E-state index is 5.58. The number of hydrogen-bond acceptors (Lipinski definition) is 4. The molecule has 0 aliphatic carbocycles. The normalized spacial score (nSPS) is 24.9. The highest BCUT2D eigenvalue weighted by atomic mass is 16.5. The molecule has 0 radical (unpaired) electrons. The highest BCUT2D eigenvalue weighted by molar-refractivity contribution is 4.81. The number of morpholine rings is 1. The molecule has 1 saturated heterocycles. The summed E-state index contributed by atoms with van der Waals surface area (Å²) in [5.41, 5.74) is 0.157. The van der Waals surface area contributed by atoms with Crippen molar-refractivity contribution in [2.24, 2.45) is 0 Å². The van der Waals surface area contributed by atoms with Crippen LogP contribution in [0.4, 0.5) is 0 Å². The van der Waals surface area contributed by atoms with E-state index in [0.717, 1.165) is 32.8 Å². The van der Waals surface area contributed by atoms with Crippen LogP contribution < -0.4 is 5.32 Å². The summed E-state index contributed by atoms with van der Waals surface area (Å²) in [5, 5.41) is 3.56. The molecule has 0 spiro atoms. The third-order valence-corrected chi connectivity index (χ3v) is 3.02. The fourth-order valence-electron chi connectivity index (χ4n) is 2.09. The second-order valence-corrected chi connectivity index (χ2v) is 5.92. The molecular weight excluding hydrogens is 216 g/mol. The predicted molar refractivity (Wildman–Crippen MR) is 70.4 cm³/mol. The van der Waals surface area contributed by atoms with Gasteiger partial charge >= 0.3 is 0 Å². The number of rotatable bonds is 5. The second kappa shape index (κ2) is 6.69. The van der Waals surface area contributed by atoms with Crippen molar-refractivity contribution in [2.45, 2.75) is 45.4 Å². The van der Waals surface area contributed by atoms with Gasteiger partial charge in [0.05, 0.1) is 19.3 Å². The van der Waals surface area contributed by atoms with E-state index in [0.29, 0.717) is 12.1 Å². The van der Waals surface area contributed by atoms with Crippen molar-refractivity contribution in [3.05, 3.63) is 0 Å². The fourth-order valence-corrected chi connectivity index (χ4v) is 2.09. The lowest BCUT2D eigenvalue weighted by Gasteiger charge is -2.38. The fraction of sp³-hybridized carbons (Fsp3) is 1.00. The molecule has 2 unspecified atom stereocenters. The summed E-state index contributed by atoms with van der Waals surface area (Å²) in [7, 11) is 1.77. The first-order valence-corrected chi connectivity index (χ1v) is 6.52. The van der Waals surface area contributed by atoms with E-state index in [9.17, 15) is 0 Å². The van der Waals surface area contributed by atoms with Crippen molar-refractivity contribution in [2.75, 3.05) is 40.0 Å². The quantitative estimate of drug-likeness (QED) is 0.785. The van der Waals surface area contributed by atoms with Crippen LogP contribution in [0.15, 0.2) is 0 Å². The molecule has 102 valence electrons. The largest absolute Gasteiger partial charge is 0.383 e. The molecule has 0 saturated carbocycles. The summed E-state index contributed by atoms with van der Waals surface area (Å²) in [6.45, 7) is 13.3. The molecule has 2 atom stereocenters. The standard InChI is InChI=1S/C13H28N2O2/c1-11-9-15(6-7-17-11)12(10-16-5)8-14-13(2,3)4/h11-12,14H,6-10H2,1-5H3. The minimum Gasteiger partial charge on any atom is -0.383 e. The predicted octanol–water partition coefficient (Wildman–Crippen LogP) is 1.11. The van der Waals surface area contributed by atoms with Gasteiger partial charge < -0.3 is 14.8 Å². The van der Waals surface area contributed by atoms with Gasteiger partial charge in [-0.15, -0.1) is 0 Å². The molecule has 4 nitrogen and oxygen atoms in total. The van der Waals surface area contributed by atoms with Crippen LogP contribution in [-0.2, 0) is 9.47 Å². The molecule has 0 aromatic carbocycles. The zero-order valence-electron chi connectivity index (χ0n) is 12.0. The first kappa shape index (κ1) is 14.9. The highest BCUT2D eigenvalue weighted by Crippen LogP contribution is 2.10. The second-order valence-electron chi connectivity index (χ2n) is 5.92. The molecule has 0 aromatic rings. The van der Waals surface area contributed by atoms with Gasteiger partial charge in [0.2, 0.25) is 0 Å². The minimum atomic E-state index is 0.157. The van der Waals surface area contributed by atoms with Crippen LogP contribution in [0.25, 0.3) is 0 Å². The molecule has 0 amide bonds. The molecule has 1 N–H and O–H groups in total. The summed E-state index contributed by atoms with van der Waals surface area (Å²) in [4.78, 5) is 2.47. The molecule has 17 heavy (non-hydrogen) atoms. The van der Waals surface area contributed by atoms with E-state index in [4.69, 9.17) is 9.47 Å². The van der Waals surface area contributed by atoms with E-state index in [2.05, 4.69) is 37.9 Å². The molecule has 4 heteroatoms. The van der Waals surface area contributed by atoms with Gasteiger partial charge in [-0.1, -0.05) is 0 Å². The van der Waals surface area contributed by atoms with Crippen molar-refractivity contribution < 1.29 is 9.47 Å². The van der Waals surface area contributed by atoms with Crippen LogP contribution >= 0.6 is 0 Å². The smallest absolute Gasteiger partial charge is 0.0674 e. The highest BCUT2D eigenvalue weighted by Gasteiger charge is 2.25. The molecular formula is C13H28N2O2. The Labute approximate surface area is 106 Å². The Kier molecular flexibility index (Phi) is 5.86. The maximum Gasteiger partial charge on any atom is 0.0674 e. The maximum atomic E-state index is 5.58. The first-order valence-electron chi connectivity index (χ1n) is 6.52. The number of nitrogens with zero attached hydrogens (tertiary/aromatic N) is 1. The van der Waals surface area contributed by atoms with Gasteiger partial charge in [-0.3, -0.25) is 4.90 Å². The van der Waals surface area contributed by atoms with Gasteiger partial charge in [0.25, 0.3) is 0 Å². The zero-order chi connectivity index (χ0) is 12.9. The van der Waals surface area contributed by atoms with Crippen LogP contribution in [0.5, 0.6) is 0 Å². The summed E-state index contributed by atoms with van der Waals surface area (Å²) >= 11 is 0. The summed E-state index contributed by atoms with van der Waals surface area (Å²) in [6.07, 6.45) is 0.331. The molecule has 1 rings (SSSR count). The number of ether oxygens (including phenoxy) is 2. The van der Waals surface area contributed by atoms with Crippen LogP contribution in [0, 0.1) is 0 Å². The molecule has 1 heterocycles. The van der Waals surface area contributed by atoms with Gasteiger partial charge in [0.1, 0.15) is 0 Å². The van der Waals surface area contributed by atoms with E-state index in [1.165, 1.54) is 0 Å². The monoisotopic (exact) mass is 244 g/mol. The van der Waals surface area contributed by atoms with E-state index in [1.54, 1.807) is 7.11 Å². The van der Waals surface area contributed by atoms with Crippen molar-refractivity contribution in [1.82, 2.24) is 10.2 Å². The average Bonchev–Trinajstić information content (AvgIpc) is 2.23. The summed E-state index contributed by atoms with van der Waals surface area (Å²) < 4.78 is 10.9. The molecule has 1 aliphatic rings. The minimum absolute atomic E-state index is 0.157. The topological polar surface area (TPSA) is 33.7 Å². The van der Waals surface area contributed by atoms with Crippen molar-refractivity contribution in [3.8, 4) is 0 Å². The third-order valence-electron chi connectivity index (χ3n) is 3.02. The van der Waals surface area contributed by atoms with Crippen LogP contribution in [0.1, 0.15) is 27.7 Å². The average molecular weight is 244 g/mol. The van der Waals surface area contributed by atoms with Gasteiger partial charge in [-0.25, -0.2) is 0 Å². The molecule has 1 aliphatic heterocycles. The molecule has 0 bridgehead atoms. The first-order chi connectivity index (χ1) is 7.92. The van der Waals surface area contributed by atoms with Crippen LogP contribution in [0.2, 0.25) is 0 Å². The van der Waals surface area contributed by atoms with Gasteiger partial charge in [-0.05, 0) is 27.7 Å². The third kappa shape index (κ3) is 5.82. The number of nitrogens with one attached hydrogen (secondary N) is 1. The number of hydrogen-bond donors (Lipinski definition) is 1. The van der Waals surface area contributed by atoms with Gasteiger partial charge in [0, 0.05) is 38.3 Å². The molecule has 1 fully saturated rings. The Morgan fingerprint density at radius 2 is 2.18 bits per heavy atom. The van der Waals surface area contributed by atoms with Crippen LogP contribution in [0.3, 0.4) is 0 Å². The van der Waals surface area contributed by atoms with E-state index >= 15 is 0 Å². The Morgan fingerprint density at radius 1 is 1.47 bits per heavy atom. The van der Waals surface area contributed by atoms with Gasteiger partial charge in [-0.2, -0.15) is 0 Å². The van der Waals surface area contributed by atoms with E-state index in [-0.39, 0.29) is 5.54 Å². The number of methoxy groups -OCH3 is 1. The lowest BCUT2D eigenvalue weighted by Crippen LogP contribution is -2.54. The van der Waals surface area contributed by atoms with Crippen molar-refractivity contribution in [3.63, 3.8) is 0 Å². The van der Waals surface area contributed by atoms with Crippen LogP contribution in [-0.4, -0.2) is 62.5 Å². The Morgan fingerprint density at radius 3 is 2.71 bits per heavy atom. The summed E-state index contributed by atoms with van der Waals surface area (Å²) in [5.74, 6) is 0. The van der Waals surface area contributed by atoms with Crippen molar-refractivity contribution in [1.29, 1.82) is 0 Å². The summed E-state index contributed by atoms with van der Waals surface area (Å²) in [6, 6.07) is 0.436. The Hall–Kier alpha value is -0.160. The van der Waals surface area contributed by atoms with E-state index in [1.807, 2.05) is 0 Å².